The van der Waals surface area contributed by atoms with Crippen LogP contribution in [0.15, 0.2) is 218 Å². The maximum Gasteiger partial charge on any atom is 0.119 e. The first-order valence-electron chi connectivity index (χ1n) is 21.7. The lowest BCUT2D eigenvalue weighted by atomic mass is 10.1. The normalized spacial score (nSPS) is 11.3. The largest absolute Gasteiger partial charge is 0.494 e. The van der Waals surface area contributed by atoms with Crippen molar-refractivity contribution in [1.29, 1.82) is 0 Å². The van der Waals surface area contributed by atoms with E-state index < -0.39 is 0 Å². The van der Waals surface area contributed by atoms with E-state index in [4.69, 9.17) is 9.47 Å². The number of unbranched alkanes of at least 4 members (excludes halogenated alkanes) is 3. The van der Waals surface area contributed by atoms with Gasteiger partial charge < -0.3 is 19.3 Å². The van der Waals surface area contributed by atoms with Crippen molar-refractivity contribution in [2.24, 2.45) is 0 Å². The van der Waals surface area contributed by atoms with E-state index in [1.807, 2.05) is 0 Å². The minimum absolute atomic E-state index is 0.686. The lowest BCUT2D eigenvalue weighted by molar-refractivity contribution is 0.287. The SMILES string of the molecule is c1ccc2cc(N(c3ccc(OCCCCCCOc4ccc(N(c5ccc6ccccc6c5)c5ccc6ccccc6c5)cc4)cc3)c3ccc4ccccc4c3)ccc2c1. The molecule has 4 nitrogen and oxygen atoms in total. The zero-order valence-corrected chi connectivity index (χ0v) is 34.7. The van der Waals surface area contributed by atoms with Crippen molar-refractivity contribution in [2.75, 3.05) is 23.0 Å². The maximum absolute atomic E-state index is 6.23. The summed E-state index contributed by atoms with van der Waals surface area (Å²) in [6.45, 7) is 1.37. The third kappa shape index (κ3) is 8.54. The highest BCUT2D eigenvalue weighted by Gasteiger charge is 2.16. The van der Waals surface area contributed by atoms with Crippen molar-refractivity contribution in [1.82, 2.24) is 0 Å². The van der Waals surface area contributed by atoms with E-state index in [0.717, 1.165) is 71.3 Å². The molecular formula is C58H48N2O2. The van der Waals surface area contributed by atoms with Gasteiger partial charge >= 0.3 is 0 Å². The average Bonchev–Trinajstić information content (AvgIpc) is 3.33. The fraction of sp³-hybridized carbons (Fsp3) is 0.103. The van der Waals surface area contributed by atoms with Crippen LogP contribution in [0.2, 0.25) is 0 Å². The Labute approximate surface area is 363 Å². The number of hydrogen-bond acceptors (Lipinski definition) is 4. The Hall–Kier alpha value is -7.56. The second kappa shape index (κ2) is 18.0. The average molecular weight is 805 g/mol. The van der Waals surface area contributed by atoms with E-state index in [0.29, 0.717) is 13.2 Å². The van der Waals surface area contributed by atoms with Gasteiger partial charge in [-0.25, -0.2) is 0 Å². The summed E-state index contributed by atoms with van der Waals surface area (Å²) in [5.41, 5.74) is 6.65. The van der Waals surface area contributed by atoms with Crippen molar-refractivity contribution in [2.45, 2.75) is 25.7 Å². The van der Waals surface area contributed by atoms with Crippen LogP contribution in [0, 0.1) is 0 Å². The number of fused-ring (bicyclic) bond motifs is 4. The molecule has 0 N–H and O–H groups in total. The number of hydrogen-bond donors (Lipinski definition) is 0. The van der Waals surface area contributed by atoms with E-state index >= 15 is 0 Å². The minimum atomic E-state index is 0.686. The monoisotopic (exact) mass is 804 g/mol. The molecule has 0 saturated carbocycles. The van der Waals surface area contributed by atoms with Gasteiger partial charge in [0.05, 0.1) is 13.2 Å². The van der Waals surface area contributed by atoms with Crippen LogP contribution < -0.4 is 19.3 Å². The second-order valence-electron chi connectivity index (χ2n) is 15.9. The Morgan fingerprint density at radius 2 is 0.500 bits per heavy atom. The van der Waals surface area contributed by atoms with Crippen LogP contribution in [0.1, 0.15) is 25.7 Å². The summed E-state index contributed by atoms with van der Waals surface area (Å²) in [6.07, 6.45) is 4.17. The van der Waals surface area contributed by atoms with E-state index in [1.54, 1.807) is 0 Å². The molecule has 0 saturated heterocycles. The van der Waals surface area contributed by atoms with Gasteiger partial charge in [-0.3, -0.25) is 0 Å². The highest BCUT2D eigenvalue weighted by Crippen LogP contribution is 2.40. The molecule has 0 radical (unpaired) electrons. The molecular weight excluding hydrogens is 757 g/mol. The van der Waals surface area contributed by atoms with Gasteiger partial charge in [-0.2, -0.15) is 0 Å². The first-order valence-corrected chi connectivity index (χ1v) is 21.7. The first kappa shape index (κ1) is 38.6. The summed E-state index contributed by atoms with van der Waals surface area (Å²) >= 11 is 0. The third-order valence-corrected chi connectivity index (χ3v) is 11.7. The highest BCUT2D eigenvalue weighted by atomic mass is 16.5. The van der Waals surface area contributed by atoms with Crippen LogP contribution in [-0.2, 0) is 0 Å². The highest BCUT2D eigenvalue weighted by molar-refractivity contribution is 5.94. The zero-order chi connectivity index (χ0) is 41.5. The Bertz CT molecular complexity index is 2730. The van der Waals surface area contributed by atoms with Gasteiger partial charge in [-0.1, -0.05) is 121 Å². The van der Waals surface area contributed by atoms with Crippen molar-refractivity contribution in [3.63, 3.8) is 0 Å². The van der Waals surface area contributed by atoms with E-state index in [9.17, 15) is 0 Å². The topological polar surface area (TPSA) is 24.9 Å². The Balaban J connectivity index is 0.733. The van der Waals surface area contributed by atoms with Gasteiger partial charge in [0.25, 0.3) is 0 Å². The van der Waals surface area contributed by atoms with Gasteiger partial charge in [-0.05, 0) is 166 Å². The number of nitrogens with zero attached hydrogens (tertiary/aromatic N) is 2. The molecule has 10 aromatic carbocycles. The van der Waals surface area contributed by atoms with Crippen LogP contribution in [-0.4, -0.2) is 13.2 Å². The molecule has 10 rings (SSSR count). The molecule has 4 heteroatoms. The molecule has 0 heterocycles. The van der Waals surface area contributed by atoms with Crippen LogP contribution in [0.4, 0.5) is 34.1 Å². The van der Waals surface area contributed by atoms with Crippen molar-refractivity contribution in [3.8, 4) is 11.5 Å². The summed E-state index contributed by atoms with van der Waals surface area (Å²) in [5, 5.41) is 9.79. The number of rotatable bonds is 15. The fourth-order valence-electron chi connectivity index (χ4n) is 8.48. The van der Waals surface area contributed by atoms with E-state index in [1.165, 1.54) is 43.1 Å². The molecule has 0 fully saturated rings. The molecule has 0 amide bonds. The van der Waals surface area contributed by atoms with Gasteiger partial charge in [0, 0.05) is 34.1 Å². The molecule has 0 aliphatic rings. The van der Waals surface area contributed by atoms with Crippen LogP contribution >= 0.6 is 0 Å². The standard InChI is InChI=1S/C58H48N2O2/c1(11-37-61-57-33-29-51(30-34-57)59(53-25-21-43-13-3-7-17-47(43)39-53)54-26-22-44-14-4-8-18-48(44)40-54)2-12-38-62-58-35-31-52(32-36-58)60(55-27-23-45-15-5-9-19-49(45)41-55)56-28-24-46-16-6-10-20-50(46)42-56/h3-10,13-36,39-42H,1-2,11-12,37-38H2. The zero-order valence-electron chi connectivity index (χ0n) is 34.7. The molecule has 302 valence electrons. The smallest absolute Gasteiger partial charge is 0.119 e. The molecule has 0 aliphatic heterocycles. The second-order valence-corrected chi connectivity index (χ2v) is 15.9. The molecule has 0 spiro atoms. The number of ether oxygens (including phenoxy) is 2. The third-order valence-electron chi connectivity index (χ3n) is 11.7. The minimum Gasteiger partial charge on any atom is -0.494 e. The van der Waals surface area contributed by atoms with Gasteiger partial charge in [-0.15, -0.1) is 0 Å². The summed E-state index contributed by atoms with van der Waals surface area (Å²) in [5.74, 6) is 1.77. The first-order chi connectivity index (χ1) is 30.7. The summed E-state index contributed by atoms with van der Waals surface area (Å²) in [7, 11) is 0. The van der Waals surface area contributed by atoms with Gasteiger partial charge in [0.2, 0.25) is 0 Å². The van der Waals surface area contributed by atoms with Gasteiger partial charge in [0.1, 0.15) is 11.5 Å². The van der Waals surface area contributed by atoms with E-state index in [-0.39, 0.29) is 0 Å². The van der Waals surface area contributed by atoms with Crippen LogP contribution in [0.25, 0.3) is 43.1 Å². The predicted molar refractivity (Wildman–Crippen MR) is 262 cm³/mol. The molecule has 0 unspecified atom stereocenters. The predicted octanol–water partition coefficient (Wildman–Crippen LogP) is 16.3. The Kier molecular flexibility index (Phi) is 11.2. The molecule has 0 atom stereocenters. The number of anilines is 6. The van der Waals surface area contributed by atoms with Crippen molar-refractivity contribution < 1.29 is 9.47 Å². The molecule has 0 aromatic heterocycles. The lowest BCUT2D eigenvalue weighted by Gasteiger charge is -2.26. The Morgan fingerprint density at radius 3 is 0.790 bits per heavy atom. The van der Waals surface area contributed by atoms with Crippen molar-refractivity contribution in [3.05, 3.63) is 218 Å². The quantitative estimate of drug-likeness (QED) is 0.0964. The lowest BCUT2D eigenvalue weighted by Crippen LogP contribution is -2.10. The van der Waals surface area contributed by atoms with Crippen molar-refractivity contribution >= 4 is 77.2 Å². The summed E-state index contributed by atoms with van der Waals surface area (Å²) in [4.78, 5) is 4.65. The van der Waals surface area contributed by atoms with Crippen LogP contribution in [0.5, 0.6) is 11.5 Å². The summed E-state index contributed by atoms with van der Waals surface area (Å²) in [6, 6.07) is 77.8. The Morgan fingerprint density at radius 1 is 0.242 bits per heavy atom. The van der Waals surface area contributed by atoms with Gasteiger partial charge in [0.15, 0.2) is 0 Å². The van der Waals surface area contributed by atoms with Crippen LogP contribution in [0.3, 0.4) is 0 Å². The molecule has 62 heavy (non-hydrogen) atoms. The van der Waals surface area contributed by atoms with E-state index in [2.05, 4.69) is 228 Å². The fourth-order valence-corrected chi connectivity index (χ4v) is 8.48. The number of benzene rings is 10. The molecule has 0 aliphatic carbocycles. The maximum atomic E-state index is 6.23. The molecule has 10 aromatic rings. The molecule has 0 bridgehead atoms. The summed E-state index contributed by atoms with van der Waals surface area (Å²) < 4.78 is 12.5.